The van der Waals surface area contributed by atoms with Crippen LogP contribution in [-0.2, 0) is 15.1 Å². The van der Waals surface area contributed by atoms with Crippen LogP contribution in [0.5, 0.6) is 0 Å². The maximum atomic E-state index is 12.5. The molecule has 0 amide bonds. The second-order valence-electron chi connectivity index (χ2n) is 6.89. The fourth-order valence-corrected chi connectivity index (χ4v) is 2.82. The van der Waals surface area contributed by atoms with Gasteiger partial charge in [-0.3, -0.25) is 4.79 Å². The monoisotopic (exact) mass is 309 g/mol. The maximum Gasteiger partial charge on any atom is 0.312 e. The van der Waals surface area contributed by atoms with E-state index in [9.17, 15) is 4.79 Å². The van der Waals surface area contributed by atoms with E-state index in [-0.39, 0.29) is 11.9 Å². The number of halogens is 1. The molecule has 4 heteroatoms. The van der Waals surface area contributed by atoms with E-state index in [1.54, 1.807) is 0 Å². The van der Waals surface area contributed by atoms with Crippen molar-refractivity contribution in [3.05, 3.63) is 34.9 Å². The Morgan fingerprint density at radius 1 is 1.33 bits per heavy atom. The average Bonchev–Trinajstić information content (AvgIpc) is 2.41. The molecule has 0 spiro atoms. The third-order valence-corrected chi connectivity index (χ3v) is 4.39. The topological polar surface area (TPSA) is 38.3 Å². The summed E-state index contributed by atoms with van der Waals surface area (Å²) in [6.07, 6.45) is 0.775. The van der Waals surface area contributed by atoms with Crippen LogP contribution in [0, 0.1) is 11.3 Å². The van der Waals surface area contributed by atoms with Gasteiger partial charge in [0.1, 0.15) is 5.60 Å². The molecular formula is C17H24ClNO2. The number of rotatable bonds is 2. The average molecular weight is 310 g/mol. The van der Waals surface area contributed by atoms with E-state index in [0.29, 0.717) is 5.02 Å². The van der Waals surface area contributed by atoms with Crippen molar-refractivity contribution in [1.82, 2.24) is 5.32 Å². The molecule has 0 bridgehead atoms. The zero-order chi connectivity index (χ0) is 15.7. The smallest absolute Gasteiger partial charge is 0.312 e. The number of carbonyl (C=O) groups excluding carboxylic acids is 1. The zero-order valence-electron chi connectivity index (χ0n) is 13.2. The number of carbonyl (C=O) groups is 1. The minimum atomic E-state index is -0.569. The highest BCUT2D eigenvalue weighted by Gasteiger charge is 2.45. The van der Waals surface area contributed by atoms with Gasteiger partial charge in [-0.2, -0.15) is 0 Å². The molecule has 1 aliphatic heterocycles. The Hall–Kier alpha value is -1.06. The lowest BCUT2D eigenvalue weighted by molar-refractivity contribution is -0.180. The van der Waals surface area contributed by atoms with Gasteiger partial charge in [0.2, 0.25) is 0 Å². The van der Waals surface area contributed by atoms with Crippen molar-refractivity contribution in [3.63, 3.8) is 0 Å². The molecule has 1 aromatic rings. The predicted octanol–water partition coefficient (Wildman–Crippen LogP) is 3.75. The summed E-state index contributed by atoms with van der Waals surface area (Å²) in [5, 5.41) is 4.06. The van der Waals surface area contributed by atoms with Crippen molar-refractivity contribution in [2.75, 3.05) is 13.1 Å². The quantitative estimate of drug-likeness (QED) is 0.846. The molecule has 1 heterocycles. The van der Waals surface area contributed by atoms with Gasteiger partial charge in [0.25, 0.3) is 0 Å². The van der Waals surface area contributed by atoms with Gasteiger partial charge in [-0.1, -0.05) is 30.7 Å². The molecule has 2 atom stereocenters. The van der Waals surface area contributed by atoms with Gasteiger partial charge < -0.3 is 10.1 Å². The van der Waals surface area contributed by atoms with Gasteiger partial charge >= 0.3 is 5.97 Å². The van der Waals surface area contributed by atoms with Crippen LogP contribution < -0.4 is 5.32 Å². The molecule has 1 N–H and O–H groups in total. The highest BCUT2D eigenvalue weighted by Crippen LogP contribution is 2.41. The highest BCUT2D eigenvalue weighted by atomic mass is 35.5. The third-order valence-electron chi connectivity index (χ3n) is 4.14. The van der Waals surface area contributed by atoms with E-state index in [1.165, 1.54) is 0 Å². The van der Waals surface area contributed by atoms with Gasteiger partial charge in [0.05, 0.1) is 5.41 Å². The van der Waals surface area contributed by atoms with E-state index < -0.39 is 11.0 Å². The summed E-state index contributed by atoms with van der Waals surface area (Å²) in [6.45, 7) is 9.45. The summed E-state index contributed by atoms with van der Waals surface area (Å²) in [6, 6.07) is 7.66. The SMILES string of the molecule is CC1CNCCC1(OC(=O)C(C)(C)C)c1ccc(Cl)cc1. The van der Waals surface area contributed by atoms with Gasteiger partial charge in [-0.05, 0) is 45.0 Å². The van der Waals surface area contributed by atoms with E-state index in [4.69, 9.17) is 16.3 Å². The number of benzene rings is 1. The molecule has 1 fully saturated rings. The first-order valence-corrected chi connectivity index (χ1v) is 7.84. The van der Waals surface area contributed by atoms with Crippen molar-refractivity contribution in [2.24, 2.45) is 11.3 Å². The van der Waals surface area contributed by atoms with Crippen LogP contribution in [0.15, 0.2) is 24.3 Å². The number of piperidine rings is 1. The Kier molecular flexibility index (Phi) is 4.64. The number of ether oxygens (including phenoxy) is 1. The van der Waals surface area contributed by atoms with Crippen LogP contribution in [0.3, 0.4) is 0 Å². The van der Waals surface area contributed by atoms with Crippen molar-refractivity contribution >= 4 is 17.6 Å². The fraction of sp³-hybridized carbons (Fsp3) is 0.588. The lowest BCUT2D eigenvalue weighted by Crippen LogP contribution is -2.50. The van der Waals surface area contributed by atoms with E-state index in [1.807, 2.05) is 45.0 Å². The Labute approximate surface area is 132 Å². The maximum absolute atomic E-state index is 12.5. The lowest BCUT2D eigenvalue weighted by atomic mass is 9.77. The van der Waals surface area contributed by atoms with E-state index in [2.05, 4.69) is 12.2 Å². The first-order valence-electron chi connectivity index (χ1n) is 7.46. The van der Waals surface area contributed by atoms with Crippen molar-refractivity contribution in [1.29, 1.82) is 0 Å². The van der Waals surface area contributed by atoms with Crippen LogP contribution >= 0.6 is 11.6 Å². The third kappa shape index (κ3) is 3.41. The normalized spacial score (nSPS) is 26.4. The molecule has 0 aromatic heterocycles. The zero-order valence-corrected chi connectivity index (χ0v) is 14.0. The largest absolute Gasteiger partial charge is 0.453 e. The highest BCUT2D eigenvalue weighted by molar-refractivity contribution is 6.30. The summed E-state index contributed by atoms with van der Waals surface area (Å²) in [4.78, 5) is 12.5. The second-order valence-corrected chi connectivity index (χ2v) is 7.33. The Balaban J connectivity index is 2.39. The molecule has 0 saturated carbocycles. The van der Waals surface area contributed by atoms with E-state index >= 15 is 0 Å². The molecule has 116 valence electrons. The van der Waals surface area contributed by atoms with Crippen LogP contribution in [-0.4, -0.2) is 19.1 Å². The summed E-state index contributed by atoms with van der Waals surface area (Å²) >= 11 is 5.99. The van der Waals surface area contributed by atoms with Crippen LogP contribution in [0.2, 0.25) is 5.02 Å². The Morgan fingerprint density at radius 3 is 2.48 bits per heavy atom. The number of hydrogen-bond donors (Lipinski definition) is 1. The van der Waals surface area contributed by atoms with Crippen LogP contribution in [0.25, 0.3) is 0 Å². The molecule has 1 saturated heterocycles. The first kappa shape index (κ1) is 16.3. The Bertz CT molecular complexity index is 507. The standard InChI is InChI=1S/C17H24ClNO2/c1-12-11-19-10-9-17(12,21-15(20)16(2,3)4)13-5-7-14(18)8-6-13/h5-8,12,19H,9-11H2,1-4H3. The lowest BCUT2D eigenvalue weighted by Gasteiger charge is -2.43. The molecular weight excluding hydrogens is 286 g/mol. The van der Waals surface area contributed by atoms with Gasteiger partial charge in [0.15, 0.2) is 0 Å². The minimum Gasteiger partial charge on any atom is -0.453 e. The fourth-order valence-electron chi connectivity index (χ4n) is 2.69. The van der Waals surface area contributed by atoms with E-state index in [0.717, 1.165) is 25.1 Å². The molecule has 21 heavy (non-hydrogen) atoms. The molecule has 3 nitrogen and oxygen atoms in total. The van der Waals surface area contributed by atoms with Gasteiger partial charge in [0, 0.05) is 23.9 Å². The number of hydrogen-bond acceptors (Lipinski definition) is 3. The van der Waals surface area contributed by atoms with Gasteiger partial charge in [-0.15, -0.1) is 0 Å². The molecule has 1 aliphatic rings. The summed E-state index contributed by atoms with van der Waals surface area (Å²) in [5.41, 5.74) is -0.0528. The van der Waals surface area contributed by atoms with Crippen LogP contribution in [0.1, 0.15) is 39.7 Å². The van der Waals surface area contributed by atoms with Crippen molar-refractivity contribution < 1.29 is 9.53 Å². The van der Waals surface area contributed by atoms with Crippen molar-refractivity contribution in [3.8, 4) is 0 Å². The first-order chi connectivity index (χ1) is 9.75. The minimum absolute atomic E-state index is 0.161. The van der Waals surface area contributed by atoms with Crippen molar-refractivity contribution in [2.45, 2.75) is 39.7 Å². The molecule has 2 unspecified atom stereocenters. The second kappa shape index (κ2) is 5.98. The predicted molar refractivity (Wildman–Crippen MR) is 85.3 cm³/mol. The molecule has 0 radical (unpaired) electrons. The molecule has 2 rings (SSSR count). The Morgan fingerprint density at radius 2 is 1.95 bits per heavy atom. The number of nitrogens with one attached hydrogen (secondary N) is 1. The molecule has 1 aromatic carbocycles. The van der Waals surface area contributed by atoms with Gasteiger partial charge in [-0.25, -0.2) is 0 Å². The molecule has 0 aliphatic carbocycles. The summed E-state index contributed by atoms with van der Waals surface area (Å²) in [7, 11) is 0. The number of esters is 1. The summed E-state index contributed by atoms with van der Waals surface area (Å²) in [5.74, 6) is 0.0462. The van der Waals surface area contributed by atoms with Crippen LogP contribution in [0.4, 0.5) is 0 Å². The summed E-state index contributed by atoms with van der Waals surface area (Å²) < 4.78 is 6.06.